The summed E-state index contributed by atoms with van der Waals surface area (Å²) in [6, 6.07) is 12.2. The van der Waals surface area contributed by atoms with Gasteiger partial charge in [0, 0.05) is 12.2 Å². The number of nitrogens with one attached hydrogen (secondary N) is 2. The summed E-state index contributed by atoms with van der Waals surface area (Å²) in [7, 11) is 1.68. The van der Waals surface area contributed by atoms with E-state index in [-0.39, 0.29) is 24.9 Å². The molecule has 2 N–H and O–H groups in total. The first-order valence-electron chi connectivity index (χ1n) is 9.18. The fourth-order valence-electron chi connectivity index (χ4n) is 2.79. The van der Waals surface area contributed by atoms with Crippen LogP contribution in [0.5, 0.6) is 0 Å². The molecular formula is C21H24F3N3O2. The van der Waals surface area contributed by atoms with Crippen molar-refractivity contribution >= 4 is 17.5 Å². The first kappa shape index (κ1) is 22.4. The molecule has 0 heterocycles. The maximum Gasteiger partial charge on any atom is 0.416 e. The Morgan fingerprint density at radius 1 is 1.00 bits per heavy atom. The average molecular weight is 407 g/mol. The Morgan fingerprint density at radius 3 is 2.28 bits per heavy atom. The van der Waals surface area contributed by atoms with Crippen molar-refractivity contribution in [2.45, 2.75) is 26.1 Å². The van der Waals surface area contributed by atoms with E-state index in [1.54, 1.807) is 18.0 Å². The molecule has 2 amide bonds. The molecule has 0 aliphatic heterocycles. The summed E-state index contributed by atoms with van der Waals surface area (Å²) in [5.74, 6) is -0.678. The van der Waals surface area contributed by atoms with Gasteiger partial charge in [-0.15, -0.1) is 0 Å². The predicted octanol–water partition coefficient (Wildman–Crippen LogP) is 3.45. The molecule has 8 heteroatoms. The second-order valence-corrected chi connectivity index (χ2v) is 6.70. The zero-order valence-corrected chi connectivity index (χ0v) is 16.3. The van der Waals surface area contributed by atoms with E-state index >= 15 is 0 Å². The number of rotatable bonds is 8. The quantitative estimate of drug-likeness (QED) is 0.705. The SMILES string of the molecule is CCc1ccccc1NC(=O)CNC(=O)CN(C)Cc1ccc(C(F)(F)F)cc1. The lowest BCUT2D eigenvalue weighted by Crippen LogP contribution is -2.39. The lowest BCUT2D eigenvalue weighted by molar-refractivity contribution is -0.137. The standard InChI is InChI=1S/C21H24F3N3O2/c1-3-16-6-4-5-7-18(16)26-19(28)12-25-20(29)14-27(2)13-15-8-10-17(11-9-15)21(22,23)24/h4-11H,3,12-14H2,1-2H3,(H,25,29)(H,26,28). The molecule has 0 radical (unpaired) electrons. The molecule has 0 spiro atoms. The van der Waals surface area contributed by atoms with E-state index < -0.39 is 11.7 Å². The molecule has 0 bridgehead atoms. The number of amides is 2. The third kappa shape index (κ3) is 7.23. The number of benzene rings is 2. The predicted molar refractivity (Wildman–Crippen MR) is 105 cm³/mol. The minimum atomic E-state index is -4.37. The Morgan fingerprint density at radius 2 is 1.66 bits per heavy atom. The topological polar surface area (TPSA) is 61.4 Å². The summed E-state index contributed by atoms with van der Waals surface area (Å²) >= 11 is 0. The Balaban J connectivity index is 1.77. The van der Waals surface area contributed by atoms with Gasteiger partial charge < -0.3 is 10.6 Å². The monoisotopic (exact) mass is 407 g/mol. The third-order valence-electron chi connectivity index (χ3n) is 4.27. The fraction of sp³-hybridized carbons (Fsp3) is 0.333. The minimum Gasteiger partial charge on any atom is -0.346 e. The van der Waals surface area contributed by atoms with Crippen molar-refractivity contribution in [1.82, 2.24) is 10.2 Å². The van der Waals surface area contributed by atoms with Crippen molar-refractivity contribution < 1.29 is 22.8 Å². The highest BCUT2D eigenvalue weighted by molar-refractivity contribution is 5.95. The number of carbonyl (C=O) groups is 2. The van der Waals surface area contributed by atoms with Crippen LogP contribution in [0.1, 0.15) is 23.6 Å². The van der Waals surface area contributed by atoms with Gasteiger partial charge in [-0.3, -0.25) is 14.5 Å². The molecule has 156 valence electrons. The van der Waals surface area contributed by atoms with Crippen LogP contribution in [0.2, 0.25) is 0 Å². The van der Waals surface area contributed by atoms with Crippen LogP contribution in [-0.2, 0) is 28.7 Å². The molecule has 0 saturated heterocycles. The summed E-state index contributed by atoms with van der Waals surface area (Å²) in [4.78, 5) is 25.7. The Bertz CT molecular complexity index is 836. The van der Waals surface area contributed by atoms with E-state index in [0.29, 0.717) is 17.8 Å². The van der Waals surface area contributed by atoms with Gasteiger partial charge in [0.25, 0.3) is 0 Å². The van der Waals surface area contributed by atoms with Gasteiger partial charge in [-0.2, -0.15) is 13.2 Å². The Hall–Kier alpha value is -2.87. The summed E-state index contributed by atoms with van der Waals surface area (Å²) in [6.45, 7) is 2.14. The zero-order chi connectivity index (χ0) is 21.4. The molecule has 2 aromatic rings. The van der Waals surface area contributed by atoms with Crippen LogP contribution >= 0.6 is 0 Å². The summed E-state index contributed by atoms with van der Waals surface area (Å²) in [5.41, 5.74) is 1.66. The molecule has 29 heavy (non-hydrogen) atoms. The normalized spacial score (nSPS) is 11.4. The molecule has 2 rings (SSSR count). The van der Waals surface area contributed by atoms with Crippen LogP contribution in [-0.4, -0.2) is 36.9 Å². The highest BCUT2D eigenvalue weighted by atomic mass is 19.4. The maximum atomic E-state index is 12.6. The number of hydrogen-bond donors (Lipinski definition) is 2. The first-order chi connectivity index (χ1) is 13.7. The first-order valence-corrected chi connectivity index (χ1v) is 9.18. The maximum absolute atomic E-state index is 12.6. The van der Waals surface area contributed by atoms with Crippen LogP contribution < -0.4 is 10.6 Å². The van der Waals surface area contributed by atoms with Crippen molar-refractivity contribution in [1.29, 1.82) is 0 Å². The van der Waals surface area contributed by atoms with E-state index in [2.05, 4.69) is 10.6 Å². The highest BCUT2D eigenvalue weighted by Gasteiger charge is 2.29. The molecule has 0 aliphatic carbocycles. The number of anilines is 1. The van der Waals surface area contributed by atoms with Crippen LogP contribution in [0.3, 0.4) is 0 Å². The largest absolute Gasteiger partial charge is 0.416 e. The molecule has 0 fully saturated rings. The average Bonchev–Trinajstić information content (AvgIpc) is 2.66. The van der Waals surface area contributed by atoms with Crippen LogP contribution in [0.4, 0.5) is 18.9 Å². The summed E-state index contributed by atoms with van der Waals surface area (Å²) in [5, 5.41) is 5.31. The lowest BCUT2D eigenvalue weighted by Gasteiger charge is -2.17. The van der Waals surface area contributed by atoms with E-state index in [4.69, 9.17) is 0 Å². The van der Waals surface area contributed by atoms with Gasteiger partial charge in [0.1, 0.15) is 0 Å². The number of alkyl halides is 3. The van der Waals surface area contributed by atoms with Gasteiger partial charge in [-0.1, -0.05) is 37.3 Å². The molecule has 2 aromatic carbocycles. The number of nitrogens with zero attached hydrogens (tertiary/aromatic N) is 1. The van der Waals surface area contributed by atoms with E-state index in [0.717, 1.165) is 24.1 Å². The highest BCUT2D eigenvalue weighted by Crippen LogP contribution is 2.29. The molecule has 5 nitrogen and oxygen atoms in total. The van der Waals surface area contributed by atoms with Gasteiger partial charge in [0.2, 0.25) is 11.8 Å². The Kier molecular flexibility index (Phi) is 7.78. The van der Waals surface area contributed by atoms with Crippen molar-refractivity contribution in [3.63, 3.8) is 0 Å². The van der Waals surface area contributed by atoms with Gasteiger partial charge in [0.15, 0.2) is 0 Å². The minimum absolute atomic E-state index is 0.0137. The molecule has 0 aliphatic rings. The van der Waals surface area contributed by atoms with E-state index in [1.807, 2.05) is 25.1 Å². The van der Waals surface area contributed by atoms with Gasteiger partial charge in [-0.25, -0.2) is 0 Å². The van der Waals surface area contributed by atoms with Gasteiger partial charge in [0.05, 0.1) is 18.7 Å². The molecule has 0 aromatic heterocycles. The number of hydrogen-bond acceptors (Lipinski definition) is 3. The summed E-state index contributed by atoms with van der Waals surface area (Å²) in [6.07, 6.45) is -3.60. The van der Waals surface area contributed by atoms with Gasteiger partial charge >= 0.3 is 6.18 Å². The van der Waals surface area contributed by atoms with Crippen molar-refractivity contribution in [3.8, 4) is 0 Å². The van der Waals surface area contributed by atoms with E-state index in [1.165, 1.54) is 12.1 Å². The second kappa shape index (κ2) is 10.1. The lowest BCUT2D eigenvalue weighted by atomic mass is 10.1. The van der Waals surface area contributed by atoms with E-state index in [9.17, 15) is 22.8 Å². The number of likely N-dealkylation sites (N-methyl/N-ethyl adjacent to an activating group) is 1. The van der Waals surface area contributed by atoms with Crippen LogP contribution in [0, 0.1) is 0 Å². The fourth-order valence-corrected chi connectivity index (χ4v) is 2.79. The third-order valence-corrected chi connectivity index (χ3v) is 4.27. The number of carbonyl (C=O) groups excluding carboxylic acids is 2. The molecule has 0 atom stereocenters. The van der Waals surface area contributed by atoms with Crippen molar-refractivity contribution in [3.05, 3.63) is 65.2 Å². The van der Waals surface area contributed by atoms with Crippen molar-refractivity contribution in [2.24, 2.45) is 0 Å². The van der Waals surface area contributed by atoms with Crippen LogP contribution in [0.25, 0.3) is 0 Å². The smallest absolute Gasteiger partial charge is 0.346 e. The zero-order valence-electron chi connectivity index (χ0n) is 16.3. The van der Waals surface area contributed by atoms with Crippen molar-refractivity contribution in [2.75, 3.05) is 25.5 Å². The molecular weight excluding hydrogens is 383 g/mol. The summed E-state index contributed by atoms with van der Waals surface area (Å²) < 4.78 is 37.8. The Labute approximate surface area is 167 Å². The molecule has 0 saturated carbocycles. The molecule has 0 unspecified atom stereocenters. The van der Waals surface area contributed by atoms with Gasteiger partial charge in [-0.05, 0) is 42.8 Å². The van der Waals surface area contributed by atoms with Crippen LogP contribution in [0.15, 0.2) is 48.5 Å². The number of para-hydroxylation sites is 1. The number of aryl methyl sites for hydroxylation is 1. The number of halogens is 3. The second-order valence-electron chi connectivity index (χ2n) is 6.70.